The van der Waals surface area contributed by atoms with Crippen molar-refractivity contribution in [1.29, 1.82) is 0 Å². The molecule has 170 valence electrons. The van der Waals surface area contributed by atoms with Gasteiger partial charge in [-0.25, -0.2) is 4.98 Å². The molecule has 1 atom stereocenters. The summed E-state index contributed by atoms with van der Waals surface area (Å²) < 4.78 is 2.29. The molecule has 1 saturated heterocycles. The highest BCUT2D eigenvalue weighted by Crippen LogP contribution is 2.33. The van der Waals surface area contributed by atoms with Crippen LogP contribution in [0.4, 0.5) is 5.95 Å². The van der Waals surface area contributed by atoms with Gasteiger partial charge in [0.15, 0.2) is 0 Å². The second kappa shape index (κ2) is 9.81. The molecular formula is C26H28ClN5O. The Kier molecular flexibility index (Phi) is 6.46. The number of aryl methyl sites for hydroxylation is 1. The van der Waals surface area contributed by atoms with Crippen LogP contribution in [0.1, 0.15) is 24.8 Å². The molecule has 2 aromatic heterocycles. The van der Waals surface area contributed by atoms with Crippen LogP contribution in [0.2, 0.25) is 5.02 Å². The number of hydrogen-bond donors (Lipinski definition) is 3. The van der Waals surface area contributed by atoms with Gasteiger partial charge < -0.3 is 20.3 Å². The zero-order valence-corrected chi connectivity index (χ0v) is 19.2. The lowest BCUT2D eigenvalue weighted by molar-refractivity contribution is 0.343. The Morgan fingerprint density at radius 3 is 2.79 bits per heavy atom. The number of benzene rings is 2. The molecule has 5 rings (SSSR count). The fourth-order valence-corrected chi connectivity index (χ4v) is 4.75. The van der Waals surface area contributed by atoms with Gasteiger partial charge in [0.25, 0.3) is 0 Å². The van der Waals surface area contributed by atoms with Crippen molar-refractivity contribution in [1.82, 2.24) is 19.9 Å². The number of nitrogens with zero attached hydrogens (tertiary/aromatic N) is 3. The van der Waals surface area contributed by atoms with Gasteiger partial charge in [-0.3, -0.25) is 0 Å². The molecule has 0 aliphatic carbocycles. The lowest BCUT2D eigenvalue weighted by atomic mass is 9.96. The van der Waals surface area contributed by atoms with E-state index in [9.17, 15) is 5.11 Å². The number of rotatable bonds is 7. The first-order chi connectivity index (χ1) is 16.2. The van der Waals surface area contributed by atoms with Crippen molar-refractivity contribution in [3.8, 4) is 17.0 Å². The van der Waals surface area contributed by atoms with Gasteiger partial charge in [0.1, 0.15) is 11.4 Å². The predicted octanol–water partition coefficient (Wildman–Crippen LogP) is 5.46. The first kappa shape index (κ1) is 21.7. The van der Waals surface area contributed by atoms with Gasteiger partial charge in [-0.1, -0.05) is 41.9 Å². The summed E-state index contributed by atoms with van der Waals surface area (Å²) in [5, 5.41) is 18.1. The Bertz CT molecular complexity index is 1230. The Balaban J connectivity index is 1.46. The minimum Gasteiger partial charge on any atom is -0.508 e. The number of aromatic hydroxyl groups is 1. The van der Waals surface area contributed by atoms with Crippen molar-refractivity contribution in [3.05, 3.63) is 71.4 Å². The number of nitrogens with one attached hydrogen (secondary N) is 2. The zero-order valence-electron chi connectivity index (χ0n) is 18.5. The summed E-state index contributed by atoms with van der Waals surface area (Å²) in [5.74, 6) is 1.51. The first-order valence-electron chi connectivity index (χ1n) is 11.5. The van der Waals surface area contributed by atoms with E-state index < -0.39 is 0 Å². The number of phenolic OH excluding ortho intramolecular Hbond substituents is 1. The number of aromatic nitrogens is 3. The van der Waals surface area contributed by atoms with Crippen molar-refractivity contribution in [2.75, 3.05) is 18.4 Å². The Labute approximate surface area is 198 Å². The van der Waals surface area contributed by atoms with Crippen LogP contribution in [0.3, 0.4) is 0 Å². The Hall–Kier alpha value is -3.09. The molecule has 0 saturated carbocycles. The minimum absolute atomic E-state index is 0.259. The second-order valence-electron chi connectivity index (χ2n) is 8.65. The van der Waals surface area contributed by atoms with Crippen LogP contribution in [-0.2, 0) is 13.1 Å². The molecule has 0 amide bonds. The van der Waals surface area contributed by atoms with E-state index in [0.29, 0.717) is 18.4 Å². The summed E-state index contributed by atoms with van der Waals surface area (Å²) >= 11 is 6.58. The highest BCUT2D eigenvalue weighted by Gasteiger charge is 2.18. The number of anilines is 1. The molecule has 1 fully saturated rings. The highest BCUT2D eigenvalue weighted by atomic mass is 35.5. The molecule has 1 aliphatic rings. The molecule has 33 heavy (non-hydrogen) atoms. The number of hydrogen-bond acceptors (Lipinski definition) is 5. The lowest BCUT2D eigenvalue weighted by Crippen LogP contribution is -2.30. The fourth-order valence-electron chi connectivity index (χ4n) is 4.52. The summed E-state index contributed by atoms with van der Waals surface area (Å²) in [6, 6.07) is 17.2. The third-order valence-electron chi connectivity index (χ3n) is 6.33. The van der Waals surface area contributed by atoms with Crippen molar-refractivity contribution in [3.63, 3.8) is 0 Å². The quantitative estimate of drug-likeness (QED) is 0.341. The molecule has 1 aliphatic heterocycles. The maximum atomic E-state index is 9.49. The molecule has 0 radical (unpaired) electrons. The van der Waals surface area contributed by atoms with Crippen molar-refractivity contribution in [2.45, 2.75) is 32.4 Å². The van der Waals surface area contributed by atoms with E-state index in [1.807, 2.05) is 36.5 Å². The van der Waals surface area contributed by atoms with Gasteiger partial charge >= 0.3 is 0 Å². The molecular weight excluding hydrogens is 434 g/mol. The average Bonchev–Trinajstić information content (AvgIpc) is 3.21. The highest BCUT2D eigenvalue weighted by molar-refractivity contribution is 6.33. The Morgan fingerprint density at radius 1 is 1.15 bits per heavy atom. The van der Waals surface area contributed by atoms with E-state index in [1.165, 1.54) is 12.8 Å². The standard InChI is InChI=1S/C26H28ClN5O/c27-23-6-2-1-5-22(23)24-14-20-17-30-26(29-16-19-7-9-21(33)10-8-19)31-25(20)32(24)13-11-18-4-3-12-28-15-18/h1-2,5-10,14,17-18,28,33H,3-4,11-13,15-16H2,(H,29,30,31)/t18-/m0/s1. The van der Waals surface area contributed by atoms with E-state index in [0.717, 1.165) is 58.9 Å². The summed E-state index contributed by atoms with van der Waals surface area (Å²) in [4.78, 5) is 9.41. The molecule has 0 unspecified atom stereocenters. The van der Waals surface area contributed by atoms with Crippen LogP contribution in [0.15, 0.2) is 60.8 Å². The third kappa shape index (κ3) is 4.97. The molecule has 4 aromatic rings. The number of piperidine rings is 1. The summed E-state index contributed by atoms with van der Waals surface area (Å²) in [7, 11) is 0. The van der Waals surface area contributed by atoms with Gasteiger partial charge in [0.2, 0.25) is 5.95 Å². The number of halogens is 1. The number of fused-ring (bicyclic) bond motifs is 1. The van der Waals surface area contributed by atoms with Crippen molar-refractivity contribution in [2.24, 2.45) is 5.92 Å². The molecule has 6 nitrogen and oxygen atoms in total. The average molecular weight is 462 g/mol. The van der Waals surface area contributed by atoms with Crippen LogP contribution in [0.5, 0.6) is 5.75 Å². The summed E-state index contributed by atoms with van der Waals surface area (Å²) in [5.41, 5.74) is 4.05. The topological polar surface area (TPSA) is 75.0 Å². The maximum absolute atomic E-state index is 9.49. The van der Waals surface area contributed by atoms with Gasteiger partial charge in [0, 0.05) is 35.3 Å². The lowest BCUT2D eigenvalue weighted by Gasteiger charge is -2.23. The largest absolute Gasteiger partial charge is 0.508 e. The molecule has 0 bridgehead atoms. The SMILES string of the molecule is Oc1ccc(CNc2ncc3cc(-c4ccccc4Cl)n(CC[C@@H]4CCCNC4)c3n2)cc1. The second-order valence-corrected chi connectivity index (χ2v) is 9.06. The van der Waals surface area contributed by atoms with Crippen LogP contribution in [-0.4, -0.2) is 32.7 Å². The first-order valence-corrected chi connectivity index (χ1v) is 11.9. The van der Waals surface area contributed by atoms with E-state index in [4.69, 9.17) is 16.6 Å². The molecule has 3 N–H and O–H groups in total. The van der Waals surface area contributed by atoms with Gasteiger partial charge in [-0.05, 0) is 68.1 Å². The third-order valence-corrected chi connectivity index (χ3v) is 6.66. The predicted molar refractivity (Wildman–Crippen MR) is 134 cm³/mol. The molecule has 7 heteroatoms. The summed E-state index contributed by atoms with van der Waals surface area (Å²) in [6.07, 6.45) is 5.47. The summed E-state index contributed by atoms with van der Waals surface area (Å²) in [6.45, 7) is 3.66. The maximum Gasteiger partial charge on any atom is 0.224 e. The molecule has 2 aromatic carbocycles. The van der Waals surface area contributed by atoms with Crippen molar-refractivity contribution >= 4 is 28.6 Å². The molecule has 3 heterocycles. The van der Waals surface area contributed by atoms with Crippen LogP contribution < -0.4 is 10.6 Å². The smallest absolute Gasteiger partial charge is 0.224 e. The normalized spacial score (nSPS) is 16.2. The monoisotopic (exact) mass is 461 g/mol. The molecule has 0 spiro atoms. The van der Waals surface area contributed by atoms with E-state index in [2.05, 4.69) is 32.3 Å². The fraction of sp³-hybridized carbons (Fsp3) is 0.308. The van der Waals surface area contributed by atoms with Crippen LogP contribution in [0.25, 0.3) is 22.3 Å². The minimum atomic E-state index is 0.259. The van der Waals surface area contributed by atoms with Crippen molar-refractivity contribution < 1.29 is 5.11 Å². The van der Waals surface area contributed by atoms with Gasteiger partial charge in [-0.15, -0.1) is 0 Å². The Morgan fingerprint density at radius 2 is 2.00 bits per heavy atom. The van der Waals surface area contributed by atoms with Crippen LogP contribution in [0, 0.1) is 5.92 Å². The van der Waals surface area contributed by atoms with Gasteiger partial charge in [-0.2, -0.15) is 4.98 Å². The van der Waals surface area contributed by atoms with E-state index >= 15 is 0 Å². The number of phenols is 1. The van der Waals surface area contributed by atoms with Gasteiger partial charge in [0.05, 0.1) is 5.69 Å². The van der Waals surface area contributed by atoms with E-state index in [-0.39, 0.29) is 5.75 Å². The zero-order chi connectivity index (χ0) is 22.6. The van der Waals surface area contributed by atoms with E-state index in [1.54, 1.807) is 12.1 Å². The van der Waals surface area contributed by atoms with Crippen LogP contribution >= 0.6 is 11.6 Å².